The third-order valence-corrected chi connectivity index (χ3v) is 9.37. The van der Waals surface area contributed by atoms with E-state index >= 15 is 0 Å². The van der Waals surface area contributed by atoms with Crippen LogP contribution in [0.1, 0.15) is 50.0 Å². The number of nitrogens with one attached hydrogen (secondary N) is 1. The first-order valence-electron chi connectivity index (χ1n) is 13.8. The summed E-state index contributed by atoms with van der Waals surface area (Å²) in [7, 11) is -3.71. The smallest absolute Gasteiger partial charge is 0.410 e. The van der Waals surface area contributed by atoms with Crippen molar-refractivity contribution in [2.24, 2.45) is 0 Å². The predicted molar refractivity (Wildman–Crippen MR) is 152 cm³/mol. The highest BCUT2D eigenvalue weighted by molar-refractivity contribution is 7.92. The fourth-order valence-electron chi connectivity index (χ4n) is 4.78. The van der Waals surface area contributed by atoms with Crippen LogP contribution >= 0.6 is 0 Å². The molecule has 2 fully saturated rings. The average Bonchev–Trinajstić information content (AvgIpc) is 3.58. The number of aromatic nitrogens is 5. The highest BCUT2D eigenvalue weighted by Crippen LogP contribution is 2.41. The van der Waals surface area contributed by atoms with Crippen molar-refractivity contribution < 1.29 is 36.3 Å². The summed E-state index contributed by atoms with van der Waals surface area (Å²) in [6, 6.07) is 4.92. The molecule has 13 nitrogen and oxygen atoms in total. The summed E-state index contributed by atoms with van der Waals surface area (Å²) in [5.74, 6) is -0.932. The predicted octanol–water partition coefficient (Wildman–Crippen LogP) is 4.17. The first-order chi connectivity index (χ1) is 20.8. The summed E-state index contributed by atoms with van der Waals surface area (Å²) in [5.41, 5.74) is -0.216. The van der Waals surface area contributed by atoms with Crippen molar-refractivity contribution in [3.63, 3.8) is 0 Å². The number of nitrogens with zero attached hydrogens (tertiary/aromatic N) is 6. The zero-order valence-electron chi connectivity index (χ0n) is 24.0. The maximum absolute atomic E-state index is 13.5. The van der Waals surface area contributed by atoms with Gasteiger partial charge in [-0.05, 0) is 57.9 Å². The molecule has 6 rings (SSSR count). The quantitative estimate of drug-likeness (QED) is 0.303. The first-order valence-corrected chi connectivity index (χ1v) is 15.3. The van der Waals surface area contributed by atoms with E-state index in [2.05, 4.69) is 20.5 Å². The van der Waals surface area contributed by atoms with Crippen LogP contribution in [-0.2, 0) is 14.6 Å². The van der Waals surface area contributed by atoms with Gasteiger partial charge in [0.25, 0.3) is 5.91 Å². The largest absolute Gasteiger partial charge is 0.444 e. The van der Waals surface area contributed by atoms with E-state index < -0.39 is 39.3 Å². The van der Waals surface area contributed by atoms with E-state index in [1.54, 1.807) is 33.0 Å². The van der Waals surface area contributed by atoms with Gasteiger partial charge in [0.15, 0.2) is 15.5 Å². The van der Waals surface area contributed by atoms with Gasteiger partial charge in [-0.2, -0.15) is 19.0 Å². The van der Waals surface area contributed by atoms with Gasteiger partial charge >= 0.3 is 12.7 Å². The summed E-state index contributed by atoms with van der Waals surface area (Å²) in [6.45, 7) is 2.53. The van der Waals surface area contributed by atoms with Crippen molar-refractivity contribution in [1.82, 2.24) is 29.3 Å². The van der Waals surface area contributed by atoms with Gasteiger partial charge in [0.05, 0.1) is 28.1 Å². The van der Waals surface area contributed by atoms with Crippen molar-refractivity contribution in [3.8, 4) is 17.0 Å². The molecule has 232 valence electrons. The molecule has 0 bridgehead atoms. The molecule has 0 spiro atoms. The maximum Gasteiger partial charge on any atom is 0.410 e. The Morgan fingerprint density at radius 1 is 1.16 bits per heavy atom. The molecule has 2 amide bonds. The number of hydrogen-bond donors (Lipinski definition) is 1. The molecule has 1 saturated carbocycles. The number of hydrogen-bond acceptors (Lipinski definition) is 9. The van der Waals surface area contributed by atoms with Crippen LogP contribution in [-0.4, -0.2) is 80.2 Å². The molecule has 1 saturated heterocycles. The van der Waals surface area contributed by atoms with E-state index in [4.69, 9.17) is 9.47 Å². The molecule has 1 aromatic carbocycles. The van der Waals surface area contributed by atoms with Gasteiger partial charge in [-0.1, -0.05) is 0 Å². The summed E-state index contributed by atoms with van der Waals surface area (Å²) in [5, 5.41) is 10.9. The Labute approximate surface area is 250 Å². The van der Waals surface area contributed by atoms with Crippen LogP contribution in [0.4, 0.5) is 19.3 Å². The number of anilines is 1. The summed E-state index contributed by atoms with van der Waals surface area (Å²) in [4.78, 5) is 31.5. The van der Waals surface area contributed by atoms with E-state index in [0.29, 0.717) is 12.8 Å². The van der Waals surface area contributed by atoms with Crippen LogP contribution < -0.4 is 10.1 Å². The van der Waals surface area contributed by atoms with Crippen LogP contribution in [0.15, 0.2) is 53.9 Å². The summed E-state index contributed by atoms with van der Waals surface area (Å²) in [6.07, 6.45) is 6.47. The van der Waals surface area contributed by atoms with E-state index in [0.717, 1.165) is 6.07 Å². The molecule has 3 aromatic heterocycles. The molecule has 4 heterocycles. The number of halogens is 2. The number of carbonyl (C=O) groups excluding carboxylic acids is 2. The van der Waals surface area contributed by atoms with Crippen LogP contribution in [0.2, 0.25) is 0 Å². The van der Waals surface area contributed by atoms with Crippen molar-refractivity contribution in [1.29, 1.82) is 0 Å². The molecular formula is C28H29F2N7O6S. The van der Waals surface area contributed by atoms with Crippen LogP contribution in [0.3, 0.4) is 0 Å². The first kappa shape index (κ1) is 29.5. The minimum absolute atomic E-state index is 0.00185. The fourth-order valence-corrected chi connectivity index (χ4v) is 6.47. The molecule has 1 aliphatic carbocycles. The number of rotatable bonds is 8. The molecule has 2 aliphatic rings. The third kappa shape index (κ3) is 5.80. The lowest BCUT2D eigenvalue weighted by Gasteiger charge is -2.39. The highest BCUT2D eigenvalue weighted by atomic mass is 32.2. The van der Waals surface area contributed by atoms with Gasteiger partial charge in [-0.15, -0.1) is 0 Å². The van der Waals surface area contributed by atoms with Gasteiger partial charge in [-0.25, -0.2) is 22.7 Å². The van der Waals surface area contributed by atoms with Gasteiger partial charge in [0.2, 0.25) is 0 Å². The molecule has 16 heteroatoms. The second kappa shape index (κ2) is 10.8. The second-order valence-electron chi connectivity index (χ2n) is 11.6. The lowest BCUT2D eigenvalue weighted by molar-refractivity contribution is -0.0495. The molecule has 0 unspecified atom stereocenters. The number of carbonyl (C=O) groups is 2. The lowest BCUT2D eigenvalue weighted by Crippen LogP contribution is -2.52. The lowest BCUT2D eigenvalue weighted by atomic mass is 10.1. The van der Waals surface area contributed by atoms with Crippen LogP contribution in [0, 0.1) is 0 Å². The molecule has 4 aromatic rings. The van der Waals surface area contributed by atoms with Crippen LogP contribution in [0.25, 0.3) is 16.9 Å². The van der Waals surface area contributed by atoms with Gasteiger partial charge in [0.1, 0.15) is 22.6 Å². The van der Waals surface area contributed by atoms with E-state index in [1.807, 2.05) is 0 Å². The number of alkyl halides is 2. The van der Waals surface area contributed by atoms with E-state index in [9.17, 15) is 26.8 Å². The molecule has 1 aliphatic heterocycles. The minimum Gasteiger partial charge on any atom is -0.444 e. The van der Waals surface area contributed by atoms with Crippen molar-refractivity contribution in [2.75, 3.05) is 18.4 Å². The van der Waals surface area contributed by atoms with Crippen molar-refractivity contribution in [2.45, 2.75) is 62.0 Å². The van der Waals surface area contributed by atoms with E-state index in [-0.39, 0.29) is 57.9 Å². The number of sulfone groups is 1. The van der Waals surface area contributed by atoms with Crippen molar-refractivity contribution >= 4 is 33.2 Å². The Morgan fingerprint density at radius 2 is 1.91 bits per heavy atom. The van der Waals surface area contributed by atoms with Gasteiger partial charge < -0.3 is 19.7 Å². The number of amides is 2. The van der Waals surface area contributed by atoms with E-state index in [1.165, 1.54) is 44.8 Å². The number of fused-ring (bicyclic) bond motifs is 1. The topological polar surface area (TPSA) is 150 Å². The molecular weight excluding hydrogens is 600 g/mol. The number of benzene rings is 1. The highest BCUT2D eigenvalue weighted by Gasteiger charge is 2.39. The maximum atomic E-state index is 13.5. The minimum atomic E-state index is -3.71. The summed E-state index contributed by atoms with van der Waals surface area (Å²) >= 11 is 0. The molecule has 44 heavy (non-hydrogen) atoms. The fraction of sp³-hybridized carbons (Fsp3) is 0.393. The normalized spacial score (nSPS) is 15.8. The SMILES string of the molecule is CC(C)(C)OC(=O)N1CC(n2cc(NC(=O)c3cnn4cccnc34)c(-c3cc(S(=O)(=O)C4CC4)ccc3OC(F)F)n2)C1. The number of likely N-dealkylation sites (tertiary alicyclic amines) is 1. The Kier molecular flexibility index (Phi) is 7.26. The Morgan fingerprint density at radius 3 is 2.59 bits per heavy atom. The average molecular weight is 630 g/mol. The Bertz CT molecular complexity index is 1860. The Hall–Kier alpha value is -4.60. The molecule has 1 N–H and O–H groups in total. The number of ether oxygens (including phenoxy) is 2. The molecule has 0 radical (unpaired) electrons. The second-order valence-corrected chi connectivity index (χ2v) is 13.8. The zero-order valence-corrected chi connectivity index (χ0v) is 24.8. The molecule has 0 atom stereocenters. The zero-order chi connectivity index (χ0) is 31.4. The van der Waals surface area contributed by atoms with Gasteiger partial charge in [-0.3, -0.25) is 9.48 Å². The van der Waals surface area contributed by atoms with Crippen LogP contribution in [0.5, 0.6) is 5.75 Å². The third-order valence-electron chi connectivity index (χ3n) is 7.11. The summed E-state index contributed by atoms with van der Waals surface area (Å²) < 4.78 is 66.2. The van der Waals surface area contributed by atoms with Gasteiger partial charge in [0, 0.05) is 37.2 Å². The van der Waals surface area contributed by atoms with Crippen molar-refractivity contribution in [3.05, 3.63) is 54.6 Å². The Balaban J connectivity index is 1.39. The standard InChI is InChI=1S/C28H29F2N7O6S/c1-28(2,3)43-27(39)35-13-16(14-35)37-15-21(33-25(38)20-12-32-36-10-4-9-31-24(20)36)23(34-37)19-11-18(44(40,41)17-5-6-17)7-8-22(19)42-26(29)30/h4,7-12,15-17,26H,5-6,13-14H2,1-3H3,(H,33,38). The monoisotopic (exact) mass is 629 g/mol.